The molecule has 3 unspecified atom stereocenters. The molecule has 3 aliphatic rings. The summed E-state index contributed by atoms with van der Waals surface area (Å²) < 4.78 is 18.7. The van der Waals surface area contributed by atoms with Gasteiger partial charge in [-0.15, -0.1) is 0 Å². The molecule has 0 aliphatic carbocycles. The van der Waals surface area contributed by atoms with Crippen molar-refractivity contribution in [3.63, 3.8) is 0 Å². The van der Waals surface area contributed by atoms with Crippen molar-refractivity contribution in [2.75, 3.05) is 0 Å². The molecule has 0 fully saturated rings. The minimum absolute atomic E-state index is 0. The molecule has 3 atom stereocenters. The first-order valence-electron chi connectivity index (χ1n) is 17.4. The Morgan fingerprint density at radius 1 is 0.803 bits per heavy atom. The first-order chi connectivity index (χ1) is 28.1. The van der Waals surface area contributed by atoms with Gasteiger partial charge in [0.25, 0.3) is 0 Å². The second-order valence-corrected chi connectivity index (χ2v) is 11.0. The maximum atomic E-state index is 10.5. The van der Waals surface area contributed by atoms with Crippen molar-refractivity contribution in [3.05, 3.63) is 125 Å². The van der Waals surface area contributed by atoms with Crippen LogP contribution in [0.25, 0.3) is 0 Å². The largest absolute Gasteiger partial charge is 1.00 e. The first kappa shape index (κ1) is 65.4. The fourth-order valence-corrected chi connectivity index (χ4v) is 3.37. The first-order valence-corrected chi connectivity index (χ1v) is 17.4. The van der Waals surface area contributed by atoms with Crippen LogP contribution in [-0.2, 0) is 57.4 Å². The van der Waals surface area contributed by atoms with Crippen LogP contribution in [0.15, 0.2) is 118 Å². The number of carbonyl (C=O) groups excluding carboxylic acids is 8. The summed E-state index contributed by atoms with van der Waals surface area (Å²) in [6.07, 6.45) is 22.1. The van der Waals surface area contributed by atoms with Crippen molar-refractivity contribution >= 4 is 42.0 Å². The Labute approximate surface area is 360 Å². The van der Waals surface area contributed by atoms with Crippen molar-refractivity contribution in [1.29, 1.82) is 0 Å². The second-order valence-electron chi connectivity index (χ2n) is 11.0. The summed E-state index contributed by atoms with van der Waals surface area (Å²) in [6, 6.07) is 2.40. The number of aryl methyl sites for hydroxylation is 1. The molecule has 3 aliphatic heterocycles. The molecule has 61 heavy (non-hydrogen) atoms. The van der Waals surface area contributed by atoms with E-state index in [9.17, 15) is 28.8 Å². The molecule has 0 saturated carbocycles. The van der Waals surface area contributed by atoms with Crippen molar-refractivity contribution in [1.82, 2.24) is 0 Å². The fourth-order valence-electron chi connectivity index (χ4n) is 3.37. The Bertz CT molecular complexity index is 1770. The molecule has 1 aromatic rings. The van der Waals surface area contributed by atoms with E-state index in [4.69, 9.17) is 44.3 Å². The van der Waals surface area contributed by atoms with E-state index in [1.54, 1.807) is 45.1 Å². The third-order valence-corrected chi connectivity index (χ3v) is 5.36. The molecule has 4 rings (SSSR count). The van der Waals surface area contributed by atoms with Crippen LogP contribution in [0.1, 0.15) is 80.6 Å². The number of ketones is 1. The number of carboxylic acid groups (broad SMARTS) is 1. The van der Waals surface area contributed by atoms with E-state index < -0.39 is 17.6 Å². The lowest BCUT2D eigenvalue weighted by Crippen LogP contribution is -2.19. The topological polar surface area (TPSA) is 324 Å². The van der Waals surface area contributed by atoms with Crippen LogP contribution in [0.3, 0.4) is 0 Å². The lowest BCUT2D eigenvalue weighted by molar-refractivity contribution is -0.193. The van der Waals surface area contributed by atoms with Gasteiger partial charge in [0.1, 0.15) is 47.8 Å². The summed E-state index contributed by atoms with van der Waals surface area (Å²) in [5.41, 5.74) is -0.521. The van der Waals surface area contributed by atoms with Crippen LogP contribution in [0.5, 0.6) is 5.75 Å². The van der Waals surface area contributed by atoms with Gasteiger partial charge in [0, 0.05) is 31.1 Å². The number of aliphatic hydroxyl groups excluding tert-OH is 2. The monoisotopic (exact) mass is 869 g/mol. The van der Waals surface area contributed by atoms with Crippen LogP contribution in [0, 0.1) is 6.92 Å². The molecule has 1 aromatic heterocycles. The fraction of sp³-hybridized carbons (Fsp3) is 0.333. The van der Waals surface area contributed by atoms with E-state index in [0.29, 0.717) is 12.2 Å². The van der Waals surface area contributed by atoms with E-state index >= 15 is 0 Å². The number of ether oxygens (including phenoxy) is 3. The van der Waals surface area contributed by atoms with E-state index in [1.807, 2.05) is 45.9 Å². The van der Waals surface area contributed by atoms with Gasteiger partial charge in [0.2, 0.25) is 0 Å². The third-order valence-electron chi connectivity index (χ3n) is 5.36. The average molecular weight is 870 g/mol. The number of aliphatic carboxylic acids is 1. The SMILES string of the molecule is C/C=C/C(C)=O.C/C=C/C=C/C(=O)O.C=C/C=C/C.CC1C=C(O)CC(=O)O1.CC1CC(O)=CC(=O)O1.CC1CC=CC(=O)O1.Cc1cc(O)cc(=O)o1.O.O=C=O.O=C=O.[H+].[H+].[H+].[H+].[H+]. The summed E-state index contributed by atoms with van der Waals surface area (Å²) >= 11 is 0. The highest BCUT2D eigenvalue weighted by Crippen LogP contribution is 2.12. The Hall–Kier alpha value is -7.46. The highest BCUT2D eigenvalue weighted by Gasteiger charge is 2.16. The number of esters is 3. The summed E-state index contributed by atoms with van der Waals surface area (Å²) in [6.45, 7) is 17.5. The maximum absolute atomic E-state index is 10.5. The quantitative estimate of drug-likeness (QED) is 0.121. The molecule has 0 bridgehead atoms. The van der Waals surface area contributed by atoms with Gasteiger partial charge in [-0.2, -0.15) is 19.2 Å². The summed E-state index contributed by atoms with van der Waals surface area (Å²) in [5.74, 6) is -1.25. The highest BCUT2D eigenvalue weighted by molar-refractivity contribution is 5.87. The van der Waals surface area contributed by atoms with Gasteiger partial charge in [-0.25, -0.2) is 19.2 Å². The number of cyclic esters (lactones) is 3. The number of carbonyl (C=O) groups is 5. The molecule has 0 saturated heterocycles. The predicted molar refractivity (Wildman–Crippen MR) is 224 cm³/mol. The molecule has 0 radical (unpaired) electrons. The Morgan fingerprint density at radius 3 is 1.64 bits per heavy atom. The van der Waals surface area contributed by atoms with E-state index in [1.165, 1.54) is 37.3 Å². The van der Waals surface area contributed by atoms with Gasteiger partial charge >= 0.3 is 48.9 Å². The minimum Gasteiger partial charge on any atom is -0.512 e. The van der Waals surface area contributed by atoms with Gasteiger partial charge in [0.15, 0.2) is 5.78 Å². The van der Waals surface area contributed by atoms with E-state index in [-0.39, 0.29) is 84.6 Å². The molecule has 6 N–H and O–H groups in total. The molecule has 0 amide bonds. The number of hydrogen-bond acceptors (Lipinski definition) is 17. The second kappa shape index (κ2) is 45.2. The molecule has 0 aromatic carbocycles. The minimum atomic E-state index is -0.914. The molecular weight excluding hydrogens is 808 g/mol. The van der Waals surface area contributed by atoms with Crippen molar-refractivity contribution < 1.29 is 94.8 Å². The van der Waals surface area contributed by atoms with Crippen molar-refractivity contribution in [3.8, 4) is 5.75 Å². The lowest BCUT2D eigenvalue weighted by Gasteiger charge is -2.15. The zero-order valence-corrected chi connectivity index (χ0v) is 35.2. The Morgan fingerprint density at radius 2 is 1.34 bits per heavy atom. The lowest BCUT2D eigenvalue weighted by atomic mass is 10.2. The van der Waals surface area contributed by atoms with E-state index in [2.05, 4.69) is 20.5 Å². The van der Waals surface area contributed by atoms with E-state index in [0.717, 1.165) is 24.6 Å². The molecule has 19 nitrogen and oxygen atoms in total. The number of rotatable bonds is 4. The number of hydrogen-bond donors (Lipinski definition) is 4. The van der Waals surface area contributed by atoms with Gasteiger partial charge < -0.3 is 44.5 Å². The van der Waals surface area contributed by atoms with Crippen LogP contribution in [-0.4, -0.2) is 86.2 Å². The normalized spacial score (nSPS) is 16.4. The zero-order chi connectivity index (χ0) is 47.5. The average Bonchev–Trinajstić information content (AvgIpc) is 3.09. The molecular formula is C42H61O19+5. The van der Waals surface area contributed by atoms with Crippen molar-refractivity contribution in [2.45, 2.75) is 93.0 Å². The van der Waals surface area contributed by atoms with Gasteiger partial charge in [0.05, 0.1) is 12.1 Å². The number of aliphatic hydroxyl groups is 2. The summed E-state index contributed by atoms with van der Waals surface area (Å²) in [4.78, 5) is 93.8. The zero-order valence-electron chi connectivity index (χ0n) is 40.2. The van der Waals surface area contributed by atoms with Crippen LogP contribution < -0.4 is 5.63 Å². The molecule has 19 heteroatoms. The van der Waals surface area contributed by atoms with Gasteiger partial charge in [-0.3, -0.25) is 9.59 Å². The van der Waals surface area contributed by atoms with Crippen LogP contribution in [0.2, 0.25) is 0 Å². The number of allylic oxidation sites excluding steroid dienone is 8. The third kappa shape index (κ3) is 57.0. The Balaban J connectivity index is -0.0000000577. The molecule has 338 valence electrons. The van der Waals surface area contributed by atoms with Gasteiger partial charge in [-0.05, 0) is 67.5 Å². The Kier molecular flexibility index (Phi) is 48.5. The summed E-state index contributed by atoms with van der Waals surface area (Å²) in [5, 5.41) is 34.4. The van der Waals surface area contributed by atoms with Crippen molar-refractivity contribution in [2.24, 2.45) is 0 Å². The van der Waals surface area contributed by atoms with Crippen LogP contribution in [0.4, 0.5) is 0 Å². The maximum Gasteiger partial charge on any atom is 1.00 e. The van der Waals surface area contributed by atoms with Crippen LogP contribution >= 0.6 is 0 Å². The summed E-state index contributed by atoms with van der Waals surface area (Å²) in [7, 11) is 0. The van der Waals surface area contributed by atoms with Gasteiger partial charge in [-0.1, -0.05) is 55.2 Å². The molecule has 0 spiro atoms. The highest BCUT2D eigenvalue weighted by atomic mass is 16.6. The predicted octanol–water partition coefficient (Wildman–Crippen LogP) is 5.73. The standard InChI is InChI=1S/2C6H8O3.C6H6O3.2C6H8O2.C5H8O.C5H8.2CO2.H2O/c3*1-4-2-5(7)3-6(8)9-4;1-5-3-2-4-6(7)8-5;1-2-3-4-5-6(7)8;1-3-4-5(2)6;1-3-5-4-2;2*2-1-3;/h3-4,7H,2H2,1H3;2,4,7H,3H2,1H3;2-3,7H,1H3;2,4-5H,3H2,1H3;2-5H,1H3,(H,7,8);3-4H,1-2H3;3-5H,1H2,2H3;;;1H2/p+5/b;;;;3-2+,5-4+;4-3+;5-4+;;;. The number of carboxylic acids is 1. The molecule has 4 heterocycles. The number of aromatic hydroxyl groups is 1. The smallest absolute Gasteiger partial charge is 0.512 e.